The zero-order valence-corrected chi connectivity index (χ0v) is 20.0. The largest absolute Gasteiger partial charge is 0.357 e. The molecule has 0 bridgehead atoms. The predicted molar refractivity (Wildman–Crippen MR) is 128 cm³/mol. The molecule has 0 saturated carbocycles. The van der Waals surface area contributed by atoms with Gasteiger partial charge in [0.05, 0.1) is 12.2 Å². The molecule has 0 aromatic carbocycles. The summed E-state index contributed by atoms with van der Waals surface area (Å²) in [5.41, 5.74) is 3.50. The highest BCUT2D eigenvalue weighted by molar-refractivity contribution is 5.79. The van der Waals surface area contributed by atoms with Crippen LogP contribution in [0, 0.1) is 0 Å². The Morgan fingerprint density at radius 3 is 2.55 bits per heavy atom. The lowest BCUT2D eigenvalue weighted by atomic mass is 10.1. The van der Waals surface area contributed by atoms with E-state index in [0.29, 0.717) is 12.5 Å². The quantitative estimate of drug-likeness (QED) is 0.541. The normalized spacial score (nSPS) is 15.6. The van der Waals surface area contributed by atoms with Gasteiger partial charge in [0.15, 0.2) is 5.96 Å². The number of guanidine groups is 1. The lowest BCUT2D eigenvalue weighted by Crippen LogP contribution is -2.44. The summed E-state index contributed by atoms with van der Waals surface area (Å²) in [7, 11) is 6.23. The van der Waals surface area contributed by atoms with Gasteiger partial charge in [-0.3, -0.25) is 4.68 Å². The van der Waals surface area contributed by atoms with Crippen molar-refractivity contribution in [3.05, 3.63) is 41.3 Å². The van der Waals surface area contributed by atoms with E-state index in [1.807, 2.05) is 17.9 Å². The molecule has 2 aromatic heterocycles. The van der Waals surface area contributed by atoms with Gasteiger partial charge >= 0.3 is 0 Å². The minimum absolute atomic E-state index is 0.397. The number of rotatable bonds is 7. The number of likely N-dealkylation sites (N-methyl/N-ethyl adjacent to an activating group) is 1. The lowest BCUT2D eigenvalue weighted by molar-refractivity contribution is 0.312. The highest BCUT2D eigenvalue weighted by Crippen LogP contribution is 2.19. The van der Waals surface area contributed by atoms with Gasteiger partial charge in [0.1, 0.15) is 5.82 Å². The molecule has 0 unspecified atom stereocenters. The molecule has 8 nitrogen and oxygen atoms in total. The van der Waals surface area contributed by atoms with E-state index in [1.165, 1.54) is 5.56 Å². The number of nitrogens with one attached hydrogen (secondary N) is 1. The Morgan fingerprint density at radius 2 is 1.94 bits per heavy atom. The summed E-state index contributed by atoms with van der Waals surface area (Å²) in [4.78, 5) is 16.4. The third kappa shape index (κ3) is 6.19. The van der Waals surface area contributed by atoms with Crippen LogP contribution in [0.25, 0.3) is 0 Å². The molecule has 0 amide bonds. The van der Waals surface area contributed by atoms with Gasteiger partial charge in [-0.15, -0.1) is 0 Å². The summed E-state index contributed by atoms with van der Waals surface area (Å²) in [6.45, 7) is 12.9. The molecule has 1 aliphatic rings. The van der Waals surface area contributed by atoms with Crippen LogP contribution in [0.15, 0.2) is 29.5 Å². The summed E-state index contributed by atoms with van der Waals surface area (Å²) in [5.74, 6) is 2.35. The maximum absolute atomic E-state index is 4.86. The van der Waals surface area contributed by atoms with Crippen LogP contribution in [0.1, 0.15) is 43.5 Å². The van der Waals surface area contributed by atoms with Crippen LogP contribution in [-0.2, 0) is 20.1 Å². The molecule has 3 heterocycles. The van der Waals surface area contributed by atoms with Crippen molar-refractivity contribution in [2.75, 3.05) is 51.7 Å². The van der Waals surface area contributed by atoms with E-state index < -0.39 is 0 Å². The smallest absolute Gasteiger partial charge is 0.194 e. The van der Waals surface area contributed by atoms with Gasteiger partial charge in [0.2, 0.25) is 0 Å². The SMILES string of the molecule is CCNC(=NCc1ccc(N2CCN(C)CC2)nc1)N(C)Cc1cn(C)nc1C(C)C. The number of anilines is 1. The second kappa shape index (κ2) is 10.6. The van der Waals surface area contributed by atoms with Crippen molar-refractivity contribution in [1.29, 1.82) is 0 Å². The average Bonchev–Trinajstić information content (AvgIpc) is 3.12. The van der Waals surface area contributed by atoms with Gasteiger partial charge in [-0.25, -0.2) is 9.98 Å². The summed E-state index contributed by atoms with van der Waals surface area (Å²) < 4.78 is 1.90. The van der Waals surface area contributed by atoms with Crippen LogP contribution in [0.2, 0.25) is 0 Å². The van der Waals surface area contributed by atoms with Crippen LogP contribution in [0.3, 0.4) is 0 Å². The fraction of sp³-hybridized carbons (Fsp3) is 0.609. The first kappa shape index (κ1) is 23.1. The number of hydrogen-bond donors (Lipinski definition) is 1. The lowest BCUT2D eigenvalue weighted by Gasteiger charge is -2.33. The molecule has 1 aliphatic heterocycles. The summed E-state index contributed by atoms with van der Waals surface area (Å²) in [6, 6.07) is 4.27. The Bertz CT molecular complexity index is 847. The molecule has 2 aromatic rings. The molecule has 3 rings (SSSR count). The topological polar surface area (TPSA) is 64.8 Å². The van der Waals surface area contributed by atoms with Crippen LogP contribution in [-0.4, -0.2) is 77.3 Å². The molecule has 0 aliphatic carbocycles. The third-order valence-corrected chi connectivity index (χ3v) is 5.64. The summed E-state index contributed by atoms with van der Waals surface area (Å²) in [5, 5.41) is 8.04. The van der Waals surface area contributed by atoms with E-state index >= 15 is 0 Å². The molecule has 1 fully saturated rings. The highest BCUT2D eigenvalue weighted by Gasteiger charge is 2.16. The van der Waals surface area contributed by atoms with E-state index in [4.69, 9.17) is 9.98 Å². The number of piperazine rings is 1. The summed E-state index contributed by atoms with van der Waals surface area (Å²) in [6.07, 6.45) is 4.06. The molecule has 0 spiro atoms. The molecule has 1 saturated heterocycles. The minimum atomic E-state index is 0.397. The first-order valence-electron chi connectivity index (χ1n) is 11.3. The molecular weight excluding hydrogens is 388 g/mol. The van der Waals surface area contributed by atoms with E-state index in [9.17, 15) is 0 Å². The van der Waals surface area contributed by atoms with Gasteiger partial charge in [0, 0.05) is 71.3 Å². The van der Waals surface area contributed by atoms with Crippen molar-refractivity contribution < 1.29 is 0 Å². The highest BCUT2D eigenvalue weighted by atomic mass is 15.3. The number of pyridine rings is 1. The first-order valence-corrected chi connectivity index (χ1v) is 11.3. The molecule has 31 heavy (non-hydrogen) atoms. The summed E-state index contributed by atoms with van der Waals surface area (Å²) >= 11 is 0. The van der Waals surface area contributed by atoms with E-state index in [2.05, 4.69) is 78.3 Å². The van der Waals surface area contributed by atoms with Crippen LogP contribution < -0.4 is 10.2 Å². The van der Waals surface area contributed by atoms with Gasteiger partial charge < -0.3 is 20.0 Å². The Morgan fingerprint density at radius 1 is 1.19 bits per heavy atom. The Hall–Kier alpha value is -2.61. The maximum atomic E-state index is 4.86. The van der Waals surface area contributed by atoms with Crippen molar-refractivity contribution in [1.82, 2.24) is 29.9 Å². The zero-order chi connectivity index (χ0) is 22.4. The van der Waals surface area contributed by atoms with Gasteiger partial charge in [0.25, 0.3) is 0 Å². The Labute approximate surface area is 187 Å². The van der Waals surface area contributed by atoms with E-state index in [-0.39, 0.29) is 0 Å². The van der Waals surface area contributed by atoms with Crippen molar-refractivity contribution in [3.63, 3.8) is 0 Å². The molecule has 1 N–H and O–H groups in total. The Balaban J connectivity index is 1.65. The van der Waals surface area contributed by atoms with Gasteiger partial charge in [-0.1, -0.05) is 19.9 Å². The fourth-order valence-electron chi connectivity index (χ4n) is 3.86. The fourth-order valence-corrected chi connectivity index (χ4v) is 3.86. The standard InChI is InChI=1S/C23H38N8/c1-7-24-23(29(5)16-20-17-30(6)27-22(20)18(2)3)26-15-19-8-9-21(25-14-19)31-12-10-28(4)11-13-31/h8-9,14,17-18H,7,10-13,15-16H2,1-6H3,(H,24,26). The van der Waals surface area contributed by atoms with Crippen LogP contribution in [0.4, 0.5) is 5.82 Å². The number of aliphatic imine (C=N–C) groups is 1. The number of aryl methyl sites for hydroxylation is 1. The van der Waals surface area contributed by atoms with Crippen molar-refractivity contribution >= 4 is 11.8 Å². The van der Waals surface area contributed by atoms with Crippen molar-refractivity contribution in [2.24, 2.45) is 12.0 Å². The molecule has 8 heteroatoms. The van der Waals surface area contributed by atoms with Crippen LogP contribution >= 0.6 is 0 Å². The minimum Gasteiger partial charge on any atom is -0.357 e. The second-order valence-electron chi connectivity index (χ2n) is 8.71. The van der Waals surface area contributed by atoms with Crippen LogP contribution in [0.5, 0.6) is 0 Å². The molecular formula is C23H38N8. The number of nitrogens with zero attached hydrogens (tertiary/aromatic N) is 7. The predicted octanol–water partition coefficient (Wildman–Crippen LogP) is 2.29. The zero-order valence-electron chi connectivity index (χ0n) is 20.0. The molecule has 0 radical (unpaired) electrons. The molecule has 0 atom stereocenters. The van der Waals surface area contributed by atoms with Crippen molar-refractivity contribution in [3.8, 4) is 0 Å². The van der Waals surface area contributed by atoms with E-state index in [1.54, 1.807) is 0 Å². The monoisotopic (exact) mass is 426 g/mol. The van der Waals surface area contributed by atoms with Gasteiger partial charge in [-0.2, -0.15) is 5.10 Å². The Kier molecular flexibility index (Phi) is 7.90. The first-order chi connectivity index (χ1) is 14.9. The number of hydrogen-bond acceptors (Lipinski definition) is 5. The van der Waals surface area contributed by atoms with E-state index in [0.717, 1.165) is 62.3 Å². The maximum Gasteiger partial charge on any atom is 0.194 e. The van der Waals surface area contributed by atoms with Gasteiger partial charge in [-0.05, 0) is 31.5 Å². The number of aromatic nitrogens is 3. The molecule has 170 valence electrons. The van der Waals surface area contributed by atoms with Crippen molar-refractivity contribution in [2.45, 2.75) is 39.8 Å². The average molecular weight is 427 g/mol. The third-order valence-electron chi connectivity index (χ3n) is 5.64. The second-order valence-corrected chi connectivity index (χ2v) is 8.71.